The van der Waals surface area contributed by atoms with Crippen molar-refractivity contribution in [3.8, 4) is 5.75 Å². The minimum absolute atomic E-state index is 0.0160. The van der Waals surface area contributed by atoms with Crippen LogP contribution in [0.5, 0.6) is 5.75 Å². The minimum Gasteiger partial charge on any atom is -0.472 e. The van der Waals surface area contributed by atoms with Gasteiger partial charge in [0.05, 0.1) is 0 Å². The molecule has 2 aliphatic rings. The van der Waals surface area contributed by atoms with Crippen molar-refractivity contribution in [3.63, 3.8) is 0 Å². The van der Waals surface area contributed by atoms with Crippen LogP contribution < -0.4 is 9.64 Å². The third kappa shape index (κ3) is 3.33. The van der Waals surface area contributed by atoms with Crippen LogP contribution in [0.4, 0.5) is 11.6 Å². The van der Waals surface area contributed by atoms with Gasteiger partial charge in [-0.05, 0) is 48.6 Å². The van der Waals surface area contributed by atoms with E-state index in [1.54, 1.807) is 18.7 Å². The molecule has 1 aromatic rings. The van der Waals surface area contributed by atoms with E-state index in [1.165, 1.54) is 17.0 Å². The molecule has 0 aromatic carbocycles. The second-order valence-electron chi connectivity index (χ2n) is 7.32. The highest BCUT2D eigenvalue weighted by atomic mass is 16.6. The molecular weight excluding hydrogens is 340 g/mol. The number of fused-ring (bicyclic) bond motifs is 1. The van der Waals surface area contributed by atoms with E-state index in [0.717, 1.165) is 12.8 Å². The van der Waals surface area contributed by atoms with Crippen LogP contribution >= 0.6 is 0 Å². The van der Waals surface area contributed by atoms with Gasteiger partial charge in [-0.2, -0.15) is 0 Å². The van der Waals surface area contributed by atoms with Crippen LogP contribution in [-0.2, 0) is 9.59 Å². The normalized spacial score (nSPS) is 19.7. The molecule has 2 amide bonds. The van der Waals surface area contributed by atoms with Crippen molar-refractivity contribution in [1.29, 1.82) is 0 Å². The number of aromatic nitrogens is 1. The molecule has 1 fully saturated rings. The molecule has 0 unspecified atom stereocenters. The molecule has 9 nitrogen and oxygen atoms in total. The molecule has 0 radical (unpaired) electrons. The van der Waals surface area contributed by atoms with Crippen LogP contribution in [0.15, 0.2) is 12.1 Å². The quantitative estimate of drug-likeness (QED) is 0.599. The van der Waals surface area contributed by atoms with Crippen molar-refractivity contribution in [2.24, 2.45) is 5.92 Å². The van der Waals surface area contributed by atoms with E-state index >= 15 is 0 Å². The number of ether oxygens (including phenoxy) is 1. The van der Waals surface area contributed by atoms with Gasteiger partial charge in [-0.25, -0.2) is 0 Å². The number of rotatable bonds is 3. The Morgan fingerprint density at radius 2 is 2.04 bits per heavy atom. The number of hydrogen-bond donors (Lipinski definition) is 0. The SMILES string of the molecule is CC1CCN(C(=O)CN2C(=O)C(C)(C)Oc3ccc([N+](=O)[O-])nc32)CC1. The third-order valence-corrected chi connectivity index (χ3v) is 4.82. The lowest BCUT2D eigenvalue weighted by atomic mass is 9.99. The molecule has 140 valence electrons. The summed E-state index contributed by atoms with van der Waals surface area (Å²) in [7, 11) is 0. The molecule has 3 heterocycles. The molecule has 2 aliphatic heterocycles. The maximum atomic E-state index is 12.8. The van der Waals surface area contributed by atoms with Gasteiger partial charge in [-0.15, -0.1) is 0 Å². The summed E-state index contributed by atoms with van der Waals surface area (Å²) in [6.07, 6.45) is 1.85. The fraction of sp³-hybridized carbons (Fsp3) is 0.588. The summed E-state index contributed by atoms with van der Waals surface area (Å²) in [5.41, 5.74) is -1.18. The number of nitrogens with zero attached hydrogens (tertiary/aromatic N) is 4. The molecule has 0 N–H and O–H groups in total. The first-order chi connectivity index (χ1) is 12.2. The molecule has 0 saturated carbocycles. The first-order valence-corrected chi connectivity index (χ1v) is 8.63. The van der Waals surface area contributed by atoms with Crippen molar-refractivity contribution in [1.82, 2.24) is 9.88 Å². The zero-order valence-corrected chi connectivity index (χ0v) is 15.1. The molecule has 1 aromatic heterocycles. The van der Waals surface area contributed by atoms with Crippen LogP contribution in [-0.4, -0.2) is 51.9 Å². The van der Waals surface area contributed by atoms with Gasteiger partial charge in [0.25, 0.3) is 11.7 Å². The summed E-state index contributed by atoms with van der Waals surface area (Å²) >= 11 is 0. The predicted molar refractivity (Wildman–Crippen MR) is 92.9 cm³/mol. The fourth-order valence-corrected chi connectivity index (χ4v) is 3.18. The summed E-state index contributed by atoms with van der Waals surface area (Å²) in [5, 5.41) is 11.0. The summed E-state index contributed by atoms with van der Waals surface area (Å²) in [6, 6.07) is 2.63. The van der Waals surface area contributed by atoms with Crippen LogP contribution in [0, 0.1) is 16.0 Å². The van der Waals surface area contributed by atoms with Gasteiger partial charge in [-0.1, -0.05) is 6.92 Å². The van der Waals surface area contributed by atoms with E-state index in [-0.39, 0.29) is 24.0 Å². The summed E-state index contributed by atoms with van der Waals surface area (Å²) in [6.45, 7) is 6.43. The standard InChI is InChI=1S/C17H22N4O5/c1-11-6-8-19(9-7-11)14(22)10-20-15-12(26-17(2,3)16(20)23)4-5-13(18-15)21(24)25/h4-5,11H,6-10H2,1-3H3. The van der Waals surface area contributed by atoms with Gasteiger partial charge >= 0.3 is 5.82 Å². The van der Waals surface area contributed by atoms with Gasteiger partial charge in [0.15, 0.2) is 11.4 Å². The van der Waals surface area contributed by atoms with E-state index in [2.05, 4.69) is 11.9 Å². The average molecular weight is 362 g/mol. The fourth-order valence-electron chi connectivity index (χ4n) is 3.18. The van der Waals surface area contributed by atoms with Crippen LogP contribution in [0.2, 0.25) is 0 Å². The molecule has 0 atom stereocenters. The number of hydrogen-bond acceptors (Lipinski definition) is 6. The van der Waals surface area contributed by atoms with E-state index in [1.807, 2.05) is 0 Å². The predicted octanol–water partition coefficient (Wildman–Crippen LogP) is 1.75. The second kappa shape index (κ2) is 6.54. The maximum Gasteiger partial charge on any atom is 0.366 e. The van der Waals surface area contributed by atoms with E-state index < -0.39 is 22.2 Å². The lowest BCUT2D eigenvalue weighted by Gasteiger charge is -2.37. The molecule has 1 saturated heterocycles. The van der Waals surface area contributed by atoms with E-state index in [9.17, 15) is 19.7 Å². The Kier molecular flexibility index (Phi) is 4.55. The Labute approximate surface area is 151 Å². The zero-order chi connectivity index (χ0) is 19.1. The van der Waals surface area contributed by atoms with Crippen molar-refractivity contribution in [2.75, 3.05) is 24.5 Å². The number of piperidine rings is 1. The molecule has 26 heavy (non-hydrogen) atoms. The van der Waals surface area contributed by atoms with Crippen molar-refractivity contribution < 1.29 is 19.2 Å². The number of carbonyl (C=O) groups excluding carboxylic acids is 2. The number of amides is 2. The molecule has 0 spiro atoms. The van der Waals surface area contributed by atoms with Gasteiger partial charge in [0, 0.05) is 19.2 Å². The average Bonchev–Trinajstić information content (AvgIpc) is 2.58. The Morgan fingerprint density at radius 3 is 2.65 bits per heavy atom. The largest absolute Gasteiger partial charge is 0.472 e. The van der Waals surface area contributed by atoms with Crippen LogP contribution in [0.1, 0.15) is 33.6 Å². The van der Waals surface area contributed by atoms with Crippen molar-refractivity contribution in [2.45, 2.75) is 39.2 Å². The molecule has 9 heteroatoms. The number of pyridine rings is 1. The number of nitro groups is 1. The van der Waals surface area contributed by atoms with Gasteiger partial charge in [0.1, 0.15) is 6.54 Å². The Morgan fingerprint density at radius 1 is 1.38 bits per heavy atom. The lowest BCUT2D eigenvalue weighted by Crippen LogP contribution is -2.56. The second-order valence-corrected chi connectivity index (χ2v) is 7.32. The third-order valence-electron chi connectivity index (χ3n) is 4.82. The van der Waals surface area contributed by atoms with Crippen molar-refractivity contribution in [3.05, 3.63) is 22.2 Å². The number of anilines is 1. The van der Waals surface area contributed by atoms with Gasteiger partial charge in [0.2, 0.25) is 5.91 Å². The number of likely N-dealkylation sites (tertiary alicyclic amines) is 1. The highest BCUT2D eigenvalue weighted by molar-refractivity contribution is 6.05. The molecule has 0 aliphatic carbocycles. The lowest BCUT2D eigenvalue weighted by molar-refractivity contribution is -0.389. The number of carbonyl (C=O) groups is 2. The van der Waals surface area contributed by atoms with Crippen LogP contribution in [0.25, 0.3) is 0 Å². The minimum atomic E-state index is -1.18. The summed E-state index contributed by atoms with van der Waals surface area (Å²) in [4.78, 5) is 42.7. The summed E-state index contributed by atoms with van der Waals surface area (Å²) < 4.78 is 5.64. The topological polar surface area (TPSA) is 106 Å². The Bertz CT molecular complexity index is 756. The van der Waals surface area contributed by atoms with Gasteiger partial charge < -0.3 is 19.8 Å². The first kappa shape index (κ1) is 18.1. The Hall–Kier alpha value is -2.71. The molecular formula is C17H22N4O5. The molecule has 0 bridgehead atoms. The monoisotopic (exact) mass is 362 g/mol. The van der Waals surface area contributed by atoms with Crippen LogP contribution in [0.3, 0.4) is 0 Å². The highest BCUT2D eigenvalue weighted by Gasteiger charge is 2.45. The highest BCUT2D eigenvalue weighted by Crippen LogP contribution is 2.37. The van der Waals surface area contributed by atoms with E-state index in [0.29, 0.717) is 19.0 Å². The zero-order valence-electron chi connectivity index (χ0n) is 15.1. The maximum absolute atomic E-state index is 12.8. The van der Waals surface area contributed by atoms with E-state index in [4.69, 9.17) is 4.74 Å². The smallest absolute Gasteiger partial charge is 0.366 e. The Balaban J connectivity index is 1.89. The van der Waals surface area contributed by atoms with Crippen molar-refractivity contribution >= 4 is 23.5 Å². The first-order valence-electron chi connectivity index (χ1n) is 8.63. The van der Waals surface area contributed by atoms with Gasteiger partial charge in [-0.3, -0.25) is 14.5 Å². The summed E-state index contributed by atoms with van der Waals surface area (Å²) in [5.74, 6) is -0.196. The molecule has 3 rings (SSSR count).